The number of aryl methyl sites for hydroxylation is 2. The van der Waals surface area contributed by atoms with E-state index in [0.717, 1.165) is 17.6 Å². The highest BCUT2D eigenvalue weighted by Crippen LogP contribution is 2.29. The Labute approximate surface area is 142 Å². The highest BCUT2D eigenvalue weighted by atomic mass is 32.2. The summed E-state index contributed by atoms with van der Waals surface area (Å²) in [6.45, 7) is 3.30. The van der Waals surface area contributed by atoms with Gasteiger partial charge in [0, 0.05) is 11.8 Å². The molecule has 2 N–H and O–H groups in total. The fourth-order valence-corrected chi connectivity index (χ4v) is 3.47. The maximum atomic E-state index is 12.2. The summed E-state index contributed by atoms with van der Waals surface area (Å²) in [4.78, 5) is 23.2. The number of hydrogen-bond acceptors (Lipinski definition) is 6. The molecule has 0 fully saturated rings. The highest BCUT2D eigenvalue weighted by molar-refractivity contribution is 7.92. The highest BCUT2D eigenvalue weighted by Gasteiger charge is 2.19. The van der Waals surface area contributed by atoms with Crippen LogP contribution in [0.15, 0.2) is 24.3 Å². The van der Waals surface area contributed by atoms with Gasteiger partial charge in [-0.05, 0) is 31.5 Å². The molecule has 24 heavy (non-hydrogen) atoms. The molecule has 0 saturated heterocycles. The molecular formula is C14H15N3O5S2. The van der Waals surface area contributed by atoms with Crippen LogP contribution in [0.4, 0.5) is 17.1 Å². The zero-order valence-electron chi connectivity index (χ0n) is 13.1. The van der Waals surface area contributed by atoms with Gasteiger partial charge in [-0.1, -0.05) is 6.07 Å². The summed E-state index contributed by atoms with van der Waals surface area (Å²) < 4.78 is 25.1. The molecule has 10 heteroatoms. The molecule has 1 aromatic heterocycles. The Morgan fingerprint density at radius 1 is 1.25 bits per heavy atom. The van der Waals surface area contributed by atoms with E-state index in [2.05, 4.69) is 10.0 Å². The zero-order chi connectivity index (χ0) is 18.1. The summed E-state index contributed by atoms with van der Waals surface area (Å²) in [6.07, 6.45) is 1.03. The third kappa shape index (κ3) is 4.30. The van der Waals surface area contributed by atoms with Gasteiger partial charge in [-0.2, -0.15) is 0 Å². The van der Waals surface area contributed by atoms with Gasteiger partial charge in [0.05, 0.1) is 26.6 Å². The third-order valence-electron chi connectivity index (χ3n) is 3.10. The zero-order valence-corrected chi connectivity index (χ0v) is 14.7. The lowest BCUT2D eigenvalue weighted by Gasteiger charge is -2.10. The molecule has 1 heterocycles. The summed E-state index contributed by atoms with van der Waals surface area (Å²) >= 11 is 1.02. The van der Waals surface area contributed by atoms with E-state index >= 15 is 0 Å². The molecule has 0 bridgehead atoms. The van der Waals surface area contributed by atoms with Gasteiger partial charge < -0.3 is 5.32 Å². The van der Waals surface area contributed by atoms with Crippen LogP contribution in [0.3, 0.4) is 0 Å². The van der Waals surface area contributed by atoms with Crippen LogP contribution in [-0.4, -0.2) is 25.5 Å². The first-order valence-corrected chi connectivity index (χ1v) is 9.42. The largest absolute Gasteiger partial charge is 0.321 e. The molecule has 0 spiro atoms. The first-order chi connectivity index (χ1) is 11.1. The number of nitro groups is 1. The molecule has 1 amide bonds. The van der Waals surface area contributed by atoms with E-state index in [1.807, 2.05) is 0 Å². The van der Waals surface area contributed by atoms with Crippen LogP contribution < -0.4 is 10.0 Å². The van der Waals surface area contributed by atoms with Gasteiger partial charge in [0.2, 0.25) is 10.0 Å². The van der Waals surface area contributed by atoms with E-state index in [0.29, 0.717) is 21.8 Å². The monoisotopic (exact) mass is 369 g/mol. The number of anilines is 2. The Morgan fingerprint density at radius 3 is 2.46 bits per heavy atom. The van der Waals surface area contributed by atoms with E-state index in [1.54, 1.807) is 26.0 Å². The van der Waals surface area contributed by atoms with Crippen molar-refractivity contribution < 1.29 is 18.1 Å². The molecule has 2 rings (SSSR count). The normalized spacial score (nSPS) is 11.1. The molecule has 0 atom stereocenters. The first-order valence-electron chi connectivity index (χ1n) is 6.71. The topological polar surface area (TPSA) is 118 Å². The van der Waals surface area contributed by atoms with E-state index in [1.165, 1.54) is 12.1 Å². The Kier molecular flexibility index (Phi) is 4.90. The lowest BCUT2D eigenvalue weighted by Crippen LogP contribution is -2.13. The number of carbonyl (C=O) groups is 1. The second-order valence-corrected chi connectivity index (χ2v) is 8.17. The number of thiophene rings is 1. The van der Waals surface area contributed by atoms with E-state index in [-0.39, 0.29) is 10.6 Å². The Morgan fingerprint density at radius 2 is 1.92 bits per heavy atom. The van der Waals surface area contributed by atoms with E-state index in [4.69, 9.17) is 0 Å². The lowest BCUT2D eigenvalue weighted by atomic mass is 10.2. The van der Waals surface area contributed by atoms with Gasteiger partial charge in [0.1, 0.15) is 0 Å². The molecule has 1 aromatic carbocycles. The van der Waals surface area contributed by atoms with Crippen LogP contribution in [-0.2, 0) is 10.0 Å². The summed E-state index contributed by atoms with van der Waals surface area (Å²) in [5, 5.41) is 13.5. The lowest BCUT2D eigenvalue weighted by molar-refractivity contribution is -0.385. The molecular weight excluding hydrogens is 354 g/mol. The van der Waals surface area contributed by atoms with Crippen molar-refractivity contribution in [2.75, 3.05) is 16.3 Å². The smallest absolute Gasteiger partial charge is 0.283 e. The Bertz CT molecular complexity index is 918. The molecule has 0 aliphatic rings. The average molecular weight is 369 g/mol. The summed E-state index contributed by atoms with van der Waals surface area (Å²) in [7, 11) is -3.44. The quantitative estimate of drug-likeness (QED) is 0.620. The van der Waals surface area contributed by atoms with Crippen LogP contribution in [0, 0.1) is 24.0 Å². The average Bonchev–Trinajstić information content (AvgIpc) is 2.83. The van der Waals surface area contributed by atoms with Crippen molar-refractivity contribution in [2.24, 2.45) is 0 Å². The second kappa shape index (κ2) is 6.57. The molecule has 0 unspecified atom stereocenters. The van der Waals surface area contributed by atoms with Crippen molar-refractivity contribution in [2.45, 2.75) is 13.8 Å². The van der Waals surface area contributed by atoms with E-state index in [9.17, 15) is 23.3 Å². The summed E-state index contributed by atoms with van der Waals surface area (Å²) in [5.41, 5.74) is 1.32. The molecule has 8 nitrogen and oxygen atoms in total. The molecule has 2 aromatic rings. The van der Waals surface area contributed by atoms with Crippen LogP contribution in [0.1, 0.15) is 20.1 Å². The summed E-state index contributed by atoms with van der Waals surface area (Å²) in [6, 6.07) is 5.99. The minimum atomic E-state index is -3.44. The predicted octanol–water partition coefficient (Wildman–Crippen LogP) is 2.90. The number of amides is 1. The fraction of sp³-hybridized carbons (Fsp3) is 0.214. The Hall–Kier alpha value is -2.46. The maximum Gasteiger partial charge on any atom is 0.283 e. The van der Waals surface area contributed by atoms with Crippen molar-refractivity contribution in [1.29, 1.82) is 0 Å². The number of sulfonamides is 1. The standard InChI is InChI=1S/C14H15N3O5S2/c1-8-4-5-10(6-11(8)16-24(3,21)22)15-14(18)13-7-12(17(19)20)9(2)23-13/h4-7,16H,1-3H3,(H,15,18). The van der Waals surface area contributed by atoms with E-state index < -0.39 is 20.9 Å². The third-order valence-corrected chi connectivity index (χ3v) is 4.73. The number of nitrogens with one attached hydrogen (secondary N) is 2. The summed E-state index contributed by atoms with van der Waals surface area (Å²) in [5.74, 6) is -0.495. The van der Waals surface area contributed by atoms with Gasteiger partial charge in [0.15, 0.2) is 0 Å². The minimum absolute atomic E-state index is 0.103. The molecule has 0 radical (unpaired) electrons. The minimum Gasteiger partial charge on any atom is -0.321 e. The van der Waals surface area contributed by atoms with Crippen molar-refractivity contribution in [1.82, 2.24) is 0 Å². The Balaban J connectivity index is 2.25. The molecule has 128 valence electrons. The second-order valence-electron chi connectivity index (χ2n) is 5.17. The first kappa shape index (κ1) is 17.9. The number of nitrogens with zero attached hydrogens (tertiary/aromatic N) is 1. The van der Waals surface area contributed by atoms with Crippen molar-refractivity contribution >= 4 is 44.3 Å². The number of carbonyl (C=O) groups excluding carboxylic acids is 1. The van der Waals surface area contributed by atoms with Crippen LogP contribution in [0.5, 0.6) is 0 Å². The van der Waals surface area contributed by atoms with Gasteiger partial charge >= 0.3 is 0 Å². The van der Waals surface area contributed by atoms with Crippen molar-refractivity contribution in [3.63, 3.8) is 0 Å². The van der Waals surface area contributed by atoms with Gasteiger partial charge in [-0.3, -0.25) is 19.6 Å². The maximum absolute atomic E-state index is 12.2. The fourth-order valence-electron chi connectivity index (χ4n) is 1.97. The number of rotatable bonds is 5. The van der Waals surface area contributed by atoms with Gasteiger partial charge in [-0.15, -0.1) is 11.3 Å². The van der Waals surface area contributed by atoms with Crippen molar-refractivity contribution in [3.05, 3.63) is 49.7 Å². The van der Waals surface area contributed by atoms with Crippen LogP contribution >= 0.6 is 11.3 Å². The van der Waals surface area contributed by atoms with Gasteiger partial charge in [-0.25, -0.2) is 8.42 Å². The van der Waals surface area contributed by atoms with Crippen molar-refractivity contribution in [3.8, 4) is 0 Å². The van der Waals surface area contributed by atoms with Crippen LogP contribution in [0.25, 0.3) is 0 Å². The van der Waals surface area contributed by atoms with Crippen LogP contribution in [0.2, 0.25) is 0 Å². The number of hydrogen-bond donors (Lipinski definition) is 2. The molecule has 0 aliphatic heterocycles. The SMILES string of the molecule is Cc1ccc(NC(=O)c2cc([N+](=O)[O-])c(C)s2)cc1NS(C)(=O)=O. The van der Waals surface area contributed by atoms with Gasteiger partial charge in [0.25, 0.3) is 11.6 Å². The number of benzene rings is 1. The molecule has 0 aliphatic carbocycles. The molecule has 0 saturated carbocycles. The predicted molar refractivity (Wildman–Crippen MR) is 93.3 cm³/mol.